The molecular weight excluding hydrogens is 214 g/mol. The molecule has 4 nitrogen and oxygen atoms in total. The fourth-order valence-electron chi connectivity index (χ4n) is 1.83. The van der Waals surface area contributed by atoms with Gasteiger partial charge in [0.05, 0.1) is 11.6 Å². The van der Waals surface area contributed by atoms with Crippen molar-refractivity contribution in [3.8, 4) is 0 Å². The van der Waals surface area contributed by atoms with Gasteiger partial charge in [0, 0.05) is 32.6 Å². The smallest absolute Gasteiger partial charge is 0.0736 e. The monoisotopic (exact) mass is 237 g/mol. The molecule has 0 aromatic carbocycles. The topological polar surface area (TPSA) is 51.4 Å². The van der Waals surface area contributed by atoms with E-state index in [1.807, 2.05) is 24.5 Å². The molecule has 96 valence electrons. The molecule has 2 unspecified atom stereocenters. The molecule has 1 aromatic heterocycles. The van der Waals surface area contributed by atoms with Crippen LogP contribution in [0.25, 0.3) is 0 Å². The van der Waals surface area contributed by atoms with Gasteiger partial charge in [0.2, 0.25) is 0 Å². The predicted octanol–water partition coefficient (Wildman–Crippen LogP) is 1.27. The molecule has 0 saturated carbocycles. The molecule has 0 fully saturated rings. The first-order valence-corrected chi connectivity index (χ1v) is 5.87. The number of aromatic nitrogens is 1. The molecule has 0 aliphatic rings. The van der Waals surface area contributed by atoms with Gasteiger partial charge in [-0.1, -0.05) is 0 Å². The molecule has 0 amide bonds. The number of nitrogens with two attached hydrogens (primary N) is 1. The molecule has 2 atom stereocenters. The van der Waals surface area contributed by atoms with Crippen molar-refractivity contribution in [1.29, 1.82) is 0 Å². The quantitative estimate of drug-likeness (QED) is 0.809. The van der Waals surface area contributed by atoms with Gasteiger partial charge in [-0.25, -0.2) is 0 Å². The number of rotatable bonds is 6. The van der Waals surface area contributed by atoms with Crippen LogP contribution in [0.1, 0.15) is 19.4 Å². The Hall–Kier alpha value is -0.970. The van der Waals surface area contributed by atoms with E-state index < -0.39 is 0 Å². The van der Waals surface area contributed by atoms with Crippen molar-refractivity contribution < 1.29 is 4.74 Å². The van der Waals surface area contributed by atoms with E-state index >= 15 is 0 Å². The third-order valence-corrected chi connectivity index (χ3v) is 3.68. The normalized spacial score (nSPS) is 16.8. The van der Waals surface area contributed by atoms with Gasteiger partial charge >= 0.3 is 0 Å². The van der Waals surface area contributed by atoms with Crippen molar-refractivity contribution in [2.45, 2.75) is 32.0 Å². The summed E-state index contributed by atoms with van der Waals surface area (Å²) < 4.78 is 5.43. The van der Waals surface area contributed by atoms with Gasteiger partial charge < -0.3 is 10.5 Å². The van der Waals surface area contributed by atoms with Crippen LogP contribution in [0, 0.1) is 0 Å². The Morgan fingerprint density at radius 1 is 1.47 bits per heavy atom. The van der Waals surface area contributed by atoms with E-state index in [4.69, 9.17) is 10.5 Å². The summed E-state index contributed by atoms with van der Waals surface area (Å²) in [7, 11) is 3.79. The van der Waals surface area contributed by atoms with Crippen molar-refractivity contribution in [2.75, 3.05) is 20.7 Å². The summed E-state index contributed by atoms with van der Waals surface area (Å²) >= 11 is 0. The van der Waals surface area contributed by atoms with Crippen LogP contribution >= 0.6 is 0 Å². The molecule has 17 heavy (non-hydrogen) atoms. The van der Waals surface area contributed by atoms with Crippen LogP contribution in [0.3, 0.4) is 0 Å². The first kappa shape index (κ1) is 14.1. The Labute approximate surface area is 104 Å². The summed E-state index contributed by atoms with van der Waals surface area (Å²) in [4.78, 5) is 6.25. The van der Waals surface area contributed by atoms with Crippen LogP contribution in [-0.2, 0) is 11.3 Å². The van der Waals surface area contributed by atoms with Gasteiger partial charge in [-0.05, 0) is 38.6 Å². The number of likely N-dealkylation sites (N-methyl/N-ethyl adjacent to an activating group) is 1. The summed E-state index contributed by atoms with van der Waals surface area (Å²) in [5.41, 5.74) is 6.96. The van der Waals surface area contributed by atoms with Gasteiger partial charge in [-0.2, -0.15) is 0 Å². The van der Waals surface area contributed by atoms with E-state index in [9.17, 15) is 0 Å². The second-order valence-corrected chi connectivity index (χ2v) is 4.65. The molecule has 0 saturated heterocycles. The molecule has 4 heteroatoms. The zero-order valence-corrected chi connectivity index (χ0v) is 11.2. The van der Waals surface area contributed by atoms with Gasteiger partial charge in [0.25, 0.3) is 0 Å². The van der Waals surface area contributed by atoms with Crippen LogP contribution in [0.5, 0.6) is 0 Å². The highest BCUT2D eigenvalue weighted by Gasteiger charge is 2.34. The lowest BCUT2D eigenvalue weighted by molar-refractivity contribution is -0.0230. The molecule has 1 aromatic rings. The summed E-state index contributed by atoms with van der Waals surface area (Å²) in [6, 6.07) is 4.04. The number of hydrogen-bond donors (Lipinski definition) is 1. The lowest BCUT2D eigenvalue weighted by atomic mass is 9.93. The molecule has 0 spiro atoms. The maximum absolute atomic E-state index is 5.90. The van der Waals surface area contributed by atoms with Gasteiger partial charge in [0.15, 0.2) is 0 Å². The van der Waals surface area contributed by atoms with Crippen molar-refractivity contribution >= 4 is 0 Å². The Morgan fingerprint density at radius 3 is 2.53 bits per heavy atom. The molecule has 0 aliphatic heterocycles. The van der Waals surface area contributed by atoms with Crippen LogP contribution in [0.4, 0.5) is 0 Å². The fraction of sp³-hybridized carbons (Fsp3) is 0.615. The third-order valence-electron chi connectivity index (χ3n) is 3.68. The molecule has 1 heterocycles. The SMILES string of the molecule is COC(C)C(C)(CN)N(C)Cc1ccncc1. The number of methoxy groups -OCH3 is 1. The van der Waals surface area contributed by atoms with Crippen molar-refractivity contribution in [2.24, 2.45) is 5.73 Å². The van der Waals surface area contributed by atoms with Crippen LogP contribution in [0.2, 0.25) is 0 Å². The maximum Gasteiger partial charge on any atom is 0.0736 e. The van der Waals surface area contributed by atoms with E-state index in [1.165, 1.54) is 5.56 Å². The van der Waals surface area contributed by atoms with E-state index in [1.54, 1.807) is 7.11 Å². The zero-order valence-electron chi connectivity index (χ0n) is 11.2. The average Bonchev–Trinajstić information content (AvgIpc) is 2.37. The minimum absolute atomic E-state index is 0.0827. The Bertz CT molecular complexity index is 331. The lowest BCUT2D eigenvalue weighted by Crippen LogP contribution is -2.57. The minimum Gasteiger partial charge on any atom is -0.380 e. The van der Waals surface area contributed by atoms with Gasteiger partial charge in [-0.15, -0.1) is 0 Å². The largest absolute Gasteiger partial charge is 0.380 e. The zero-order chi connectivity index (χ0) is 12.9. The Balaban J connectivity index is 2.77. The second kappa shape index (κ2) is 6.10. The third kappa shape index (κ3) is 3.25. The standard InChI is InChI=1S/C13H23N3O/c1-11(17-4)13(2,10-14)16(3)9-12-5-7-15-8-6-12/h5-8,11H,9-10,14H2,1-4H3. The van der Waals surface area contributed by atoms with Crippen molar-refractivity contribution in [1.82, 2.24) is 9.88 Å². The number of ether oxygens (including phenoxy) is 1. The Kier molecular flexibility index (Phi) is 5.05. The average molecular weight is 237 g/mol. The molecular formula is C13H23N3O. The van der Waals surface area contributed by atoms with E-state index in [2.05, 4.69) is 30.8 Å². The minimum atomic E-state index is -0.169. The molecule has 0 bridgehead atoms. The molecule has 1 rings (SSSR count). The highest BCUT2D eigenvalue weighted by Crippen LogP contribution is 2.21. The number of hydrogen-bond acceptors (Lipinski definition) is 4. The highest BCUT2D eigenvalue weighted by molar-refractivity contribution is 5.10. The van der Waals surface area contributed by atoms with Crippen LogP contribution < -0.4 is 5.73 Å². The van der Waals surface area contributed by atoms with Crippen LogP contribution in [0.15, 0.2) is 24.5 Å². The predicted molar refractivity (Wildman–Crippen MR) is 69.6 cm³/mol. The fourth-order valence-corrected chi connectivity index (χ4v) is 1.83. The first-order valence-electron chi connectivity index (χ1n) is 5.87. The Morgan fingerprint density at radius 2 is 2.06 bits per heavy atom. The molecule has 2 N–H and O–H groups in total. The van der Waals surface area contributed by atoms with E-state index in [0.717, 1.165) is 6.54 Å². The summed E-state index contributed by atoms with van der Waals surface area (Å²) in [5.74, 6) is 0. The number of pyridine rings is 1. The first-order chi connectivity index (χ1) is 8.04. The summed E-state index contributed by atoms with van der Waals surface area (Å²) in [5, 5.41) is 0. The van der Waals surface area contributed by atoms with Crippen LogP contribution in [-0.4, -0.2) is 42.2 Å². The maximum atomic E-state index is 5.90. The van der Waals surface area contributed by atoms with Gasteiger partial charge in [-0.3, -0.25) is 9.88 Å². The van der Waals surface area contributed by atoms with E-state index in [0.29, 0.717) is 6.54 Å². The summed E-state index contributed by atoms with van der Waals surface area (Å²) in [6.45, 7) is 5.58. The highest BCUT2D eigenvalue weighted by atomic mass is 16.5. The van der Waals surface area contributed by atoms with Gasteiger partial charge in [0.1, 0.15) is 0 Å². The molecule has 0 aliphatic carbocycles. The summed E-state index contributed by atoms with van der Waals surface area (Å²) in [6.07, 6.45) is 3.70. The second-order valence-electron chi connectivity index (χ2n) is 4.65. The van der Waals surface area contributed by atoms with E-state index in [-0.39, 0.29) is 11.6 Å². The van der Waals surface area contributed by atoms with Crippen molar-refractivity contribution in [3.05, 3.63) is 30.1 Å². The lowest BCUT2D eigenvalue weighted by Gasteiger charge is -2.42. The number of nitrogens with zero attached hydrogens (tertiary/aromatic N) is 2. The molecule has 0 radical (unpaired) electrons. The van der Waals surface area contributed by atoms with Crippen molar-refractivity contribution in [3.63, 3.8) is 0 Å².